The van der Waals surface area contributed by atoms with Crippen LogP contribution in [0.1, 0.15) is 41.3 Å². The molecule has 0 aliphatic carbocycles. The average molecular weight is 321 g/mol. The van der Waals surface area contributed by atoms with Crippen LogP contribution in [0.4, 0.5) is 0 Å². The molecule has 2 aromatic rings. The summed E-state index contributed by atoms with van der Waals surface area (Å²) < 4.78 is 0. The molecule has 0 atom stereocenters. The van der Waals surface area contributed by atoms with Gasteiger partial charge in [-0.25, -0.2) is 4.79 Å². The van der Waals surface area contributed by atoms with Crippen molar-refractivity contribution in [2.24, 2.45) is 0 Å². The van der Waals surface area contributed by atoms with E-state index in [-0.39, 0.29) is 10.6 Å². The zero-order chi connectivity index (χ0) is 15.4. The highest BCUT2D eigenvalue weighted by Gasteiger charge is 2.09. The third-order valence-electron chi connectivity index (χ3n) is 3.22. The highest BCUT2D eigenvalue weighted by Crippen LogP contribution is 2.27. The summed E-state index contributed by atoms with van der Waals surface area (Å²) in [6.45, 7) is 4.34. The first-order chi connectivity index (χ1) is 9.97. The average Bonchev–Trinajstić information content (AvgIpc) is 2.46. The SMILES string of the molecule is CC(C)c1ccc(CSc2ccc(Cl)c(C(=O)O)c2)cc1. The third-order valence-corrected chi connectivity index (χ3v) is 4.61. The largest absolute Gasteiger partial charge is 0.478 e. The summed E-state index contributed by atoms with van der Waals surface area (Å²) in [6, 6.07) is 13.6. The van der Waals surface area contributed by atoms with E-state index in [0.717, 1.165) is 10.6 Å². The van der Waals surface area contributed by atoms with E-state index in [1.807, 2.05) is 6.07 Å². The van der Waals surface area contributed by atoms with Gasteiger partial charge in [-0.05, 0) is 35.2 Å². The molecule has 0 amide bonds. The van der Waals surface area contributed by atoms with Crippen LogP contribution in [-0.4, -0.2) is 11.1 Å². The summed E-state index contributed by atoms with van der Waals surface area (Å²) in [6.07, 6.45) is 0. The molecular formula is C17H17ClO2S. The minimum atomic E-state index is -0.997. The lowest BCUT2D eigenvalue weighted by atomic mass is 10.0. The number of carboxylic acid groups (broad SMARTS) is 1. The first-order valence-electron chi connectivity index (χ1n) is 6.72. The van der Waals surface area contributed by atoms with Crippen LogP contribution in [0, 0.1) is 0 Å². The fourth-order valence-electron chi connectivity index (χ4n) is 1.92. The zero-order valence-electron chi connectivity index (χ0n) is 12.0. The molecule has 2 aromatic carbocycles. The van der Waals surface area contributed by atoms with Gasteiger partial charge < -0.3 is 5.11 Å². The van der Waals surface area contributed by atoms with Crippen molar-refractivity contribution in [1.82, 2.24) is 0 Å². The van der Waals surface area contributed by atoms with Gasteiger partial charge in [-0.1, -0.05) is 49.7 Å². The van der Waals surface area contributed by atoms with E-state index in [4.69, 9.17) is 16.7 Å². The standard InChI is InChI=1S/C17H17ClO2S/c1-11(2)13-5-3-12(4-6-13)10-21-14-7-8-16(18)15(9-14)17(19)20/h3-9,11H,10H2,1-2H3,(H,19,20). The number of thioether (sulfide) groups is 1. The van der Waals surface area contributed by atoms with Crippen LogP contribution in [0.25, 0.3) is 0 Å². The van der Waals surface area contributed by atoms with E-state index < -0.39 is 5.97 Å². The molecule has 0 aromatic heterocycles. The number of hydrogen-bond donors (Lipinski definition) is 1. The minimum Gasteiger partial charge on any atom is -0.478 e. The van der Waals surface area contributed by atoms with Gasteiger partial charge in [0.15, 0.2) is 0 Å². The number of carboxylic acids is 1. The molecule has 0 saturated carbocycles. The molecule has 0 fully saturated rings. The van der Waals surface area contributed by atoms with Crippen molar-refractivity contribution in [1.29, 1.82) is 0 Å². The minimum absolute atomic E-state index is 0.150. The Morgan fingerprint density at radius 3 is 2.43 bits per heavy atom. The van der Waals surface area contributed by atoms with E-state index in [2.05, 4.69) is 38.1 Å². The Morgan fingerprint density at radius 2 is 1.86 bits per heavy atom. The number of rotatable bonds is 5. The molecule has 0 heterocycles. The lowest BCUT2D eigenvalue weighted by Gasteiger charge is -2.07. The van der Waals surface area contributed by atoms with Crippen LogP contribution < -0.4 is 0 Å². The molecule has 1 N–H and O–H groups in total. The summed E-state index contributed by atoms with van der Waals surface area (Å²) >= 11 is 7.47. The van der Waals surface area contributed by atoms with Crippen LogP contribution >= 0.6 is 23.4 Å². The Balaban J connectivity index is 2.06. The Labute approximate surface area is 134 Å². The Bertz CT molecular complexity index is 636. The van der Waals surface area contributed by atoms with E-state index in [1.165, 1.54) is 11.1 Å². The predicted molar refractivity (Wildman–Crippen MR) is 88.5 cm³/mol. The highest BCUT2D eigenvalue weighted by molar-refractivity contribution is 7.98. The van der Waals surface area contributed by atoms with Crippen molar-refractivity contribution < 1.29 is 9.90 Å². The molecule has 0 bridgehead atoms. The first kappa shape index (κ1) is 15.9. The van der Waals surface area contributed by atoms with Gasteiger partial charge in [0.05, 0.1) is 10.6 Å². The maximum absolute atomic E-state index is 11.1. The van der Waals surface area contributed by atoms with Crippen LogP contribution in [0.2, 0.25) is 5.02 Å². The number of aromatic carboxylic acids is 1. The molecule has 2 nitrogen and oxygen atoms in total. The van der Waals surface area contributed by atoms with Gasteiger partial charge in [0.25, 0.3) is 0 Å². The molecule has 4 heteroatoms. The van der Waals surface area contributed by atoms with Crippen molar-refractivity contribution in [3.05, 3.63) is 64.2 Å². The predicted octanol–water partition coefficient (Wildman–Crippen LogP) is 5.45. The first-order valence-corrected chi connectivity index (χ1v) is 8.08. The molecule has 2 rings (SSSR count). The van der Waals surface area contributed by atoms with E-state index in [9.17, 15) is 4.79 Å². The number of benzene rings is 2. The van der Waals surface area contributed by atoms with Crippen molar-refractivity contribution >= 4 is 29.3 Å². The topological polar surface area (TPSA) is 37.3 Å². The smallest absolute Gasteiger partial charge is 0.337 e. The van der Waals surface area contributed by atoms with Gasteiger partial charge in [0, 0.05) is 10.6 Å². The molecule has 0 aliphatic heterocycles. The normalized spacial score (nSPS) is 10.9. The molecule has 21 heavy (non-hydrogen) atoms. The molecule has 110 valence electrons. The van der Waals surface area contributed by atoms with Crippen molar-refractivity contribution in [2.75, 3.05) is 0 Å². The maximum Gasteiger partial charge on any atom is 0.337 e. The van der Waals surface area contributed by atoms with Gasteiger partial charge in [-0.2, -0.15) is 0 Å². The van der Waals surface area contributed by atoms with Gasteiger partial charge in [-0.15, -0.1) is 11.8 Å². The summed E-state index contributed by atoms with van der Waals surface area (Å²) in [7, 11) is 0. The molecule has 0 spiro atoms. The fourth-order valence-corrected chi connectivity index (χ4v) is 3.01. The van der Waals surface area contributed by atoms with Crippen LogP contribution in [-0.2, 0) is 5.75 Å². The number of halogens is 1. The summed E-state index contributed by atoms with van der Waals surface area (Å²) in [5, 5.41) is 9.34. The zero-order valence-corrected chi connectivity index (χ0v) is 13.5. The van der Waals surface area contributed by atoms with Crippen molar-refractivity contribution in [3.8, 4) is 0 Å². The molecule has 0 aliphatic rings. The van der Waals surface area contributed by atoms with Crippen LogP contribution in [0.5, 0.6) is 0 Å². The second-order valence-corrected chi connectivity index (χ2v) is 6.59. The second kappa shape index (κ2) is 7.01. The second-order valence-electron chi connectivity index (χ2n) is 5.13. The molecular weight excluding hydrogens is 304 g/mol. The number of carbonyl (C=O) groups is 1. The Hall–Kier alpha value is -1.45. The Kier molecular flexibility index (Phi) is 5.32. The number of hydrogen-bond acceptors (Lipinski definition) is 2. The van der Waals surface area contributed by atoms with Gasteiger partial charge in [0.1, 0.15) is 0 Å². The summed E-state index contributed by atoms with van der Waals surface area (Å²) in [5.74, 6) is 0.337. The molecule has 0 saturated heterocycles. The highest BCUT2D eigenvalue weighted by atomic mass is 35.5. The van der Waals surface area contributed by atoms with Crippen LogP contribution in [0.15, 0.2) is 47.4 Å². The van der Waals surface area contributed by atoms with E-state index in [1.54, 1.807) is 23.9 Å². The quantitative estimate of drug-likeness (QED) is 0.744. The summed E-state index contributed by atoms with van der Waals surface area (Å²) in [4.78, 5) is 12.0. The van der Waals surface area contributed by atoms with Crippen molar-refractivity contribution in [3.63, 3.8) is 0 Å². The lowest BCUT2D eigenvalue weighted by Crippen LogP contribution is -1.97. The van der Waals surface area contributed by atoms with Crippen LogP contribution in [0.3, 0.4) is 0 Å². The maximum atomic E-state index is 11.1. The third kappa shape index (κ3) is 4.26. The Morgan fingerprint density at radius 1 is 1.19 bits per heavy atom. The van der Waals surface area contributed by atoms with E-state index >= 15 is 0 Å². The van der Waals surface area contributed by atoms with Crippen molar-refractivity contribution in [2.45, 2.75) is 30.4 Å². The molecule has 0 radical (unpaired) electrons. The molecule has 0 unspecified atom stereocenters. The summed E-state index contributed by atoms with van der Waals surface area (Å²) in [5.41, 5.74) is 2.69. The van der Waals surface area contributed by atoms with Gasteiger partial charge in [0.2, 0.25) is 0 Å². The fraction of sp³-hybridized carbons (Fsp3) is 0.235. The van der Waals surface area contributed by atoms with Gasteiger partial charge in [-0.3, -0.25) is 0 Å². The monoisotopic (exact) mass is 320 g/mol. The lowest BCUT2D eigenvalue weighted by molar-refractivity contribution is 0.0697. The van der Waals surface area contributed by atoms with Gasteiger partial charge >= 0.3 is 5.97 Å². The van der Waals surface area contributed by atoms with E-state index in [0.29, 0.717) is 5.92 Å².